The zero-order valence-electron chi connectivity index (χ0n) is 11.6. The van der Waals surface area contributed by atoms with E-state index in [9.17, 15) is 23.1 Å². The summed E-state index contributed by atoms with van der Waals surface area (Å²) in [5, 5.41) is 9.39. The van der Waals surface area contributed by atoms with Gasteiger partial charge in [0.05, 0.1) is 18.2 Å². The second-order valence-electron chi connectivity index (χ2n) is 5.26. The molecular formula is C15H18F3NO2. The van der Waals surface area contributed by atoms with Crippen LogP contribution < -0.4 is 0 Å². The number of aliphatic hydroxyl groups excluding tert-OH is 1. The van der Waals surface area contributed by atoms with Crippen molar-refractivity contribution in [2.75, 3.05) is 13.2 Å². The lowest BCUT2D eigenvalue weighted by Gasteiger charge is -2.28. The van der Waals surface area contributed by atoms with Gasteiger partial charge in [0.1, 0.15) is 0 Å². The largest absolute Gasteiger partial charge is 0.416 e. The molecule has 0 radical (unpaired) electrons. The Hall–Kier alpha value is -1.56. The Morgan fingerprint density at radius 2 is 1.86 bits per heavy atom. The smallest absolute Gasteiger partial charge is 0.394 e. The minimum absolute atomic E-state index is 0.119. The average Bonchev–Trinajstić information content (AvgIpc) is 2.70. The zero-order chi connectivity index (χ0) is 15.5. The highest BCUT2D eigenvalue weighted by Gasteiger charge is 2.31. The van der Waals surface area contributed by atoms with E-state index in [1.54, 1.807) is 4.90 Å². The molecule has 21 heavy (non-hydrogen) atoms. The van der Waals surface area contributed by atoms with Crippen LogP contribution in [-0.2, 0) is 6.18 Å². The molecule has 1 fully saturated rings. The van der Waals surface area contributed by atoms with Gasteiger partial charge >= 0.3 is 6.18 Å². The molecule has 2 rings (SSSR count). The molecule has 3 nitrogen and oxygen atoms in total. The summed E-state index contributed by atoms with van der Waals surface area (Å²) in [6.07, 6.45) is -0.890. The summed E-state index contributed by atoms with van der Waals surface area (Å²) >= 11 is 0. The maximum absolute atomic E-state index is 12.5. The molecule has 1 unspecified atom stereocenters. The van der Waals surface area contributed by atoms with Gasteiger partial charge in [0.15, 0.2) is 0 Å². The molecule has 0 bridgehead atoms. The SMILES string of the molecule is O=C(c1ccc(C(F)(F)F)cc1)N1CCCCCC1CO. The lowest BCUT2D eigenvalue weighted by molar-refractivity contribution is -0.137. The number of halogens is 3. The minimum Gasteiger partial charge on any atom is -0.394 e. The number of rotatable bonds is 2. The number of benzene rings is 1. The van der Waals surface area contributed by atoms with E-state index in [-0.39, 0.29) is 24.1 Å². The van der Waals surface area contributed by atoms with E-state index in [0.717, 1.165) is 37.8 Å². The van der Waals surface area contributed by atoms with Gasteiger partial charge in [-0.05, 0) is 37.1 Å². The average molecular weight is 301 g/mol. The Morgan fingerprint density at radius 3 is 2.43 bits per heavy atom. The van der Waals surface area contributed by atoms with Gasteiger partial charge in [-0.2, -0.15) is 13.2 Å². The van der Waals surface area contributed by atoms with Gasteiger partial charge in [0.2, 0.25) is 0 Å². The maximum Gasteiger partial charge on any atom is 0.416 e. The fourth-order valence-electron chi connectivity index (χ4n) is 2.60. The molecule has 0 aromatic heterocycles. The highest BCUT2D eigenvalue weighted by molar-refractivity contribution is 5.94. The number of aliphatic hydroxyl groups is 1. The molecule has 1 atom stereocenters. The van der Waals surface area contributed by atoms with Gasteiger partial charge in [-0.15, -0.1) is 0 Å². The number of hydrogen-bond donors (Lipinski definition) is 1. The first-order chi connectivity index (χ1) is 9.93. The van der Waals surface area contributed by atoms with Crippen LogP contribution in [0.3, 0.4) is 0 Å². The van der Waals surface area contributed by atoms with Crippen LogP contribution in [0.4, 0.5) is 13.2 Å². The van der Waals surface area contributed by atoms with Crippen LogP contribution in [0.2, 0.25) is 0 Å². The van der Waals surface area contributed by atoms with Crippen molar-refractivity contribution < 1.29 is 23.1 Å². The Balaban J connectivity index is 2.18. The van der Waals surface area contributed by atoms with Crippen LogP contribution in [0.25, 0.3) is 0 Å². The van der Waals surface area contributed by atoms with Crippen LogP contribution in [0, 0.1) is 0 Å². The van der Waals surface area contributed by atoms with Crippen molar-refractivity contribution >= 4 is 5.91 Å². The summed E-state index contributed by atoms with van der Waals surface area (Å²) in [7, 11) is 0. The molecule has 1 N–H and O–H groups in total. The Labute approximate surface area is 121 Å². The Bertz CT molecular complexity index is 485. The first-order valence-corrected chi connectivity index (χ1v) is 7.02. The monoisotopic (exact) mass is 301 g/mol. The molecule has 0 spiro atoms. The van der Waals surface area contributed by atoms with Gasteiger partial charge in [0.25, 0.3) is 5.91 Å². The van der Waals surface area contributed by atoms with E-state index in [0.29, 0.717) is 6.54 Å². The molecule has 1 aliphatic rings. The number of alkyl halides is 3. The topological polar surface area (TPSA) is 40.5 Å². The summed E-state index contributed by atoms with van der Waals surface area (Å²) < 4.78 is 37.6. The van der Waals surface area contributed by atoms with Crippen molar-refractivity contribution in [3.63, 3.8) is 0 Å². The van der Waals surface area contributed by atoms with Gasteiger partial charge in [0, 0.05) is 12.1 Å². The van der Waals surface area contributed by atoms with E-state index in [2.05, 4.69) is 0 Å². The van der Waals surface area contributed by atoms with Crippen LogP contribution in [-0.4, -0.2) is 35.1 Å². The second-order valence-corrected chi connectivity index (χ2v) is 5.26. The summed E-state index contributed by atoms with van der Waals surface area (Å²) in [6.45, 7) is 0.414. The molecule has 0 aliphatic carbocycles. The minimum atomic E-state index is -4.40. The van der Waals surface area contributed by atoms with E-state index < -0.39 is 11.7 Å². The predicted octanol–water partition coefficient (Wildman–Crippen LogP) is 3.08. The fraction of sp³-hybridized carbons (Fsp3) is 0.533. The van der Waals surface area contributed by atoms with E-state index in [4.69, 9.17) is 0 Å². The van der Waals surface area contributed by atoms with Crippen LogP contribution in [0.15, 0.2) is 24.3 Å². The van der Waals surface area contributed by atoms with Crippen LogP contribution in [0.5, 0.6) is 0 Å². The highest BCUT2D eigenvalue weighted by Crippen LogP contribution is 2.29. The number of carbonyl (C=O) groups is 1. The highest BCUT2D eigenvalue weighted by atomic mass is 19.4. The molecule has 6 heteroatoms. The normalized spacial score (nSPS) is 20.2. The van der Waals surface area contributed by atoms with E-state index in [1.165, 1.54) is 12.1 Å². The van der Waals surface area contributed by atoms with Crippen molar-refractivity contribution in [2.24, 2.45) is 0 Å². The number of likely N-dealkylation sites (tertiary alicyclic amines) is 1. The molecule has 1 heterocycles. The number of nitrogens with zero attached hydrogens (tertiary/aromatic N) is 1. The first kappa shape index (κ1) is 15.8. The first-order valence-electron chi connectivity index (χ1n) is 7.02. The molecule has 1 aromatic carbocycles. The van der Waals surface area contributed by atoms with Gasteiger partial charge < -0.3 is 10.0 Å². The summed E-state index contributed by atoms with van der Waals surface area (Å²) in [5.74, 6) is -0.315. The standard InChI is InChI=1S/C15H18F3NO2/c16-15(17,18)12-7-5-11(6-8-12)14(21)19-9-3-1-2-4-13(19)10-20/h5-8,13,20H,1-4,9-10H2. The van der Waals surface area contributed by atoms with Crippen molar-refractivity contribution in [3.8, 4) is 0 Å². The summed E-state index contributed by atoms with van der Waals surface area (Å²) in [4.78, 5) is 14.0. The molecule has 1 saturated heterocycles. The van der Waals surface area contributed by atoms with Crippen molar-refractivity contribution in [2.45, 2.75) is 37.9 Å². The molecule has 1 amide bonds. The van der Waals surface area contributed by atoms with Gasteiger partial charge in [-0.1, -0.05) is 12.8 Å². The number of amides is 1. The molecular weight excluding hydrogens is 283 g/mol. The maximum atomic E-state index is 12.5. The van der Waals surface area contributed by atoms with Gasteiger partial charge in [-0.3, -0.25) is 4.79 Å². The van der Waals surface area contributed by atoms with E-state index in [1.807, 2.05) is 0 Å². The quantitative estimate of drug-likeness (QED) is 0.912. The third-order valence-corrected chi connectivity index (χ3v) is 3.81. The second kappa shape index (κ2) is 6.47. The van der Waals surface area contributed by atoms with Crippen molar-refractivity contribution in [3.05, 3.63) is 35.4 Å². The lowest BCUT2D eigenvalue weighted by atomic mass is 10.1. The summed E-state index contributed by atoms with van der Waals surface area (Å²) in [5.41, 5.74) is -0.544. The Morgan fingerprint density at radius 1 is 1.19 bits per heavy atom. The van der Waals surface area contributed by atoms with Crippen LogP contribution in [0.1, 0.15) is 41.6 Å². The predicted molar refractivity (Wildman–Crippen MR) is 71.8 cm³/mol. The van der Waals surface area contributed by atoms with Crippen molar-refractivity contribution in [1.82, 2.24) is 4.90 Å². The molecule has 1 aliphatic heterocycles. The van der Waals surface area contributed by atoms with Crippen LogP contribution >= 0.6 is 0 Å². The lowest BCUT2D eigenvalue weighted by Crippen LogP contribution is -2.42. The van der Waals surface area contributed by atoms with E-state index >= 15 is 0 Å². The third-order valence-electron chi connectivity index (χ3n) is 3.81. The van der Waals surface area contributed by atoms with Gasteiger partial charge in [-0.25, -0.2) is 0 Å². The summed E-state index contributed by atoms with van der Waals surface area (Å²) in [6, 6.07) is 3.98. The third kappa shape index (κ3) is 3.75. The Kier molecular flexibility index (Phi) is 4.88. The molecule has 1 aromatic rings. The fourth-order valence-corrected chi connectivity index (χ4v) is 2.60. The zero-order valence-corrected chi connectivity index (χ0v) is 11.6. The van der Waals surface area contributed by atoms with Crippen molar-refractivity contribution in [1.29, 1.82) is 0 Å². The molecule has 116 valence electrons. The number of hydrogen-bond acceptors (Lipinski definition) is 2. The molecule has 0 saturated carbocycles. The number of carbonyl (C=O) groups excluding carboxylic acids is 1.